The second-order valence-corrected chi connectivity index (χ2v) is 5.43. The van der Waals surface area contributed by atoms with E-state index in [4.69, 9.17) is 0 Å². The van der Waals surface area contributed by atoms with Crippen molar-refractivity contribution in [3.05, 3.63) is 34.9 Å². The summed E-state index contributed by atoms with van der Waals surface area (Å²) in [6.07, 6.45) is 0. The smallest absolute Gasteiger partial charge is 0.0599 e. The summed E-state index contributed by atoms with van der Waals surface area (Å²) in [5, 5.41) is 9.51. The maximum absolute atomic E-state index is 9.51. The molecular formula is C15H24N2O. The van der Waals surface area contributed by atoms with E-state index in [-0.39, 0.29) is 12.6 Å². The number of rotatable bonds is 3. The summed E-state index contributed by atoms with van der Waals surface area (Å²) in [7, 11) is 2.12. The molecule has 1 heterocycles. The van der Waals surface area contributed by atoms with Crippen molar-refractivity contribution in [1.29, 1.82) is 0 Å². The van der Waals surface area contributed by atoms with E-state index in [0.29, 0.717) is 0 Å². The Morgan fingerprint density at radius 2 is 2.06 bits per heavy atom. The van der Waals surface area contributed by atoms with E-state index < -0.39 is 0 Å². The van der Waals surface area contributed by atoms with Gasteiger partial charge in [0.25, 0.3) is 0 Å². The van der Waals surface area contributed by atoms with Crippen LogP contribution in [0.1, 0.15) is 16.7 Å². The first-order valence-electron chi connectivity index (χ1n) is 6.70. The number of aliphatic hydroxyl groups excluding tert-OH is 1. The summed E-state index contributed by atoms with van der Waals surface area (Å²) in [6.45, 7) is 8.63. The van der Waals surface area contributed by atoms with Gasteiger partial charge in [-0.25, -0.2) is 0 Å². The summed E-state index contributed by atoms with van der Waals surface area (Å²) in [5.74, 6) is 0. The van der Waals surface area contributed by atoms with Crippen LogP contribution >= 0.6 is 0 Å². The number of aryl methyl sites for hydroxylation is 1. The maximum atomic E-state index is 9.51. The highest BCUT2D eigenvalue weighted by atomic mass is 16.3. The third-order valence-electron chi connectivity index (χ3n) is 4.11. The monoisotopic (exact) mass is 248 g/mol. The third-order valence-corrected chi connectivity index (χ3v) is 4.11. The molecule has 1 fully saturated rings. The van der Waals surface area contributed by atoms with Gasteiger partial charge >= 0.3 is 0 Å². The molecule has 0 spiro atoms. The Labute approximate surface area is 110 Å². The molecule has 2 rings (SSSR count). The molecule has 1 N–H and O–H groups in total. The zero-order chi connectivity index (χ0) is 13.1. The Bertz CT molecular complexity index is 405. The van der Waals surface area contributed by atoms with Crippen molar-refractivity contribution >= 4 is 0 Å². The van der Waals surface area contributed by atoms with Crippen LogP contribution in [0.5, 0.6) is 0 Å². The molecule has 3 heteroatoms. The van der Waals surface area contributed by atoms with Crippen molar-refractivity contribution < 1.29 is 5.11 Å². The molecule has 0 radical (unpaired) electrons. The number of hydrogen-bond donors (Lipinski definition) is 1. The molecule has 0 saturated carbocycles. The van der Waals surface area contributed by atoms with Crippen LogP contribution in [0.4, 0.5) is 0 Å². The van der Waals surface area contributed by atoms with Crippen LogP contribution < -0.4 is 0 Å². The number of hydrogen-bond acceptors (Lipinski definition) is 3. The van der Waals surface area contributed by atoms with E-state index >= 15 is 0 Å². The Balaban J connectivity index is 2.10. The molecule has 1 saturated heterocycles. The highest BCUT2D eigenvalue weighted by molar-refractivity contribution is 5.33. The predicted molar refractivity (Wildman–Crippen MR) is 74.7 cm³/mol. The molecule has 1 aliphatic heterocycles. The van der Waals surface area contributed by atoms with Gasteiger partial charge in [-0.2, -0.15) is 0 Å². The zero-order valence-corrected chi connectivity index (χ0v) is 11.7. The van der Waals surface area contributed by atoms with Gasteiger partial charge in [-0.05, 0) is 37.6 Å². The minimum atomic E-state index is 0.245. The quantitative estimate of drug-likeness (QED) is 0.876. The van der Waals surface area contributed by atoms with Crippen LogP contribution in [0, 0.1) is 13.8 Å². The second kappa shape index (κ2) is 5.83. The highest BCUT2D eigenvalue weighted by Gasteiger charge is 2.24. The SMILES string of the molecule is Cc1cccc(CN2CCN(C)CC2CO)c1C. The molecule has 3 nitrogen and oxygen atoms in total. The van der Waals surface area contributed by atoms with Crippen LogP contribution in [-0.4, -0.2) is 54.2 Å². The summed E-state index contributed by atoms with van der Waals surface area (Å²) in [6, 6.07) is 6.76. The molecule has 0 bridgehead atoms. The Morgan fingerprint density at radius 3 is 2.78 bits per heavy atom. The summed E-state index contributed by atoms with van der Waals surface area (Å²) in [5.41, 5.74) is 4.12. The third kappa shape index (κ3) is 2.91. The van der Waals surface area contributed by atoms with Crippen LogP contribution in [0.3, 0.4) is 0 Å². The first kappa shape index (κ1) is 13.5. The molecule has 0 amide bonds. The van der Waals surface area contributed by atoms with Crippen molar-refractivity contribution in [2.24, 2.45) is 0 Å². The number of benzene rings is 1. The summed E-state index contributed by atoms with van der Waals surface area (Å²) < 4.78 is 0. The number of likely N-dealkylation sites (N-methyl/N-ethyl adjacent to an activating group) is 1. The molecule has 1 unspecified atom stereocenters. The lowest BCUT2D eigenvalue weighted by Gasteiger charge is -2.39. The van der Waals surface area contributed by atoms with Crippen molar-refractivity contribution in [3.8, 4) is 0 Å². The first-order valence-corrected chi connectivity index (χ1v) is 6.70. The van der Waals surface area contributed by atoms with Gasteiger partial charge in [0.2, 0.25) is 0 Å². The van der Waals surface area contributed by atoms with Crippen molar-refractivity contribution in [1.82, 2.24) is 9.80 Å². The molecule has 18 heavy (non-hydrogen) atoms. The van der Waals surface area contributed by atoms with Gasteiger partial charge < -0.3 is 10.0 Å². The van der Waals surface area contributed by atoms with Gasteiger partial charge in [0.15, 0.2) is 0 Å². The van der Waals surface area contributed by atoms with Crippen LogP contribution in [0.25, 0.3) is 0 Å². The maximum Gasteiger partial charge on any atom is 0.0599 e. The molecular weight excluding hydrogens is 224 g/mol. The fraction of sp³-hybridized carbons (Fsp3) is 0.600. The van der Waals surface area contributed by atoms with Crippen LogP contribution in [0.15, 0.2) is 18.2 Å². The number of piperazine rings is 1. The van der Waals surface area contributed by atoms with Crippen LogP contribution in [0.2, 0.25) is 0 Å². The molecule has 1 aromatic rings. The predicted octanol–water partition coefficient (Wildman–Crippen LogP) is 1.41. The molecule has 1 aromatic carbocycles. The van der Waals surface area contributed by atoms with E-state index in [1.165, 1.54) is 16.7 Å². The number of aliphatic hydroxyl groups is 1. The van der Waals surface area contributed by atoms with Crippen molar-refractivity contribution in [3.63, 3.8) is 0 Å². The average Bonchev–Trinajstić information content (AvgIpc) is 2.37. The topological polar surface area (TPSA) is 26.7 Å². The Kier molecular flexibility index (Phi) is 4.38. The van der Waals surface area contributed by atoms with Gasteiger partial charge in [0.05, 0.1) is 6.61 Å². The van der Waals surface area contributed by atoms with E-state index in [1.807, 2.05) is 0 Å². The average molecular weight is 248 g/mol. The summed E-state index contributed by atoms with van der Waals surface area (Å²) >= 11 is 0. The first-order chi connectivity index (χ1) is 8.61. The minimum Gasteiger partial charge on any atom is -0.395 e. The highest BCUT2D eigenvalue weighted by Crippen LogP contribution is 2.18. The Hall–Kier alpha value is -0.900. The van der Waals surface area contributed by atoms with E-state index in [9.17, 15) is 5.11 Å². The van der Waals surface area contributed by atoms with Gasteiger partial charge in [0, 0.05) is 32.2 Å². The largest absolute Gasteiger partial charge is 0.395 e. The van der Waals surface area contributed by atoms with Gasteiger partial charge in [-0.1, -0.05) is 18.2 Å². The standard InChI is InChI=1S/C15H24N2O/c1-12-5-4-6-14(13(12)2)9-17-8-7-16(3)10-15(17)11-18/h4-6,15,18H,7-11H2,1-3H3. The van der Waals surface area contributed by atoms with Crippen LogP contribution in [-0.2, 0) is 6.54 Å². The van der Waals surface area contributed by atoms with Crippen molar-refractivity contribution in [2.45, 2.75) is 26.4 Å². The zero-order valence-electron chi connectivity index (χ0n) is 11.7. The molecule has 0 aliphatic carbocycles. The number of nitrogens with zero attached hydrogens (tertiary/aromatic N) is 2. The lowest BCUT2D eigenvalue weighted by molar-refractivity contribution is 0.0457. The normalized spacial score (nSPS) is 22.3. The van der Waals surface area contributed by atoms with E-state index in [0.717, 1.165) is 26.2 Å². The van der Waals surface area contributed by atoms with Gasteiger partial charge in [0.1, 0.15) is 0 Å². The van der Waals surface area contributed by atoms with Gasteiger partial charge in [-0.3, -0.25) is 4.90 Å². The minimum absolute atomic E-state index is 0.245. The Morgan fingerprint density at radius 1 is 1.28 bits per heavy atom. The molecule has 0 aromatic heterocycles. The molecule has 1 atom stereocenters. The second-order valence-electron chi connectivity index (χ2n) is 5.43. The van der Waals surface area contributed by atoms with E-state index in [2.05, 4.69) is 48.9 Å². The lowest BCUT2D eigenvalue weighted by Crippen LogP contribution is -2.52. The molecule has 1 aliphatic rings. The fourth-order valence-electron chi connectivity index (χ4n) is 2.63. The van der Waals surface area contributed by atoms with Crippen molar-refractivity contribution in [2.75, 3.05) is 33.3 Å². The fourth-order valence-corrected chi connectivity index (χ4v) is 2.63. The van der Waals surface area contributed by atoms with Gasteiger partial charge in [-0.15, -0.1) is 0 Å². The summed E-state index contributed by atoms with van der Waals surface area (Å²) in [4.78, 5) is 4.70. The van der Waals surface area contributed by atoms with E-state index in [1.54, 1.807) is 0 Å². The lowest BCUT2D eigenvalue weighted by atomic mass is 10.0. The molecule has 100 valence electrons.